The number of urea groups is 1. The van der Waals surface area contributed by atoms with Crippen LogP contribution >= 0.6 is 0 Å². The van der Waals surface area contributed by atoms with Crippen molar-refractivity contribution in [3.63, 3.8) is 0 Å². The highest BCUT2D eigenvalue weighted by Gasteiger charge is 2.04. The molecule has 1 aromatic carbocycles. The highest BCUT2D eigenvalue weighted by molar-refractivity contribution is 5.89. The number of nitrogens with one attached hydrogen (secondary N) is 2. The molecule has 0 aliphatic rings. The summed E-state index contributed by atoms with van der Waals surface area (Å²) in [7, 11) is 0. The second-order valence-electron chi connectivity index (χ2n) is 5.30. The summed E-state index contributed by atoms with van der Waals surface area (Å²) >= 11 is 0. The predicted octanol–water partition coefficient (Wildman–Crippen LogP) is 2.37. The maximum atomic E-state index is 11.6. The lowest BCUT2D eigenvalue weighted by molar-refractivity contribution is 0.250. The van der Waals surface area contributed by atoms with Crippen LogP contribution in [0.1, 0.15) is 33.3 Å². The van der Waals surface area contributed by atoms with Crippen molar-refractivity contribution in [2.45, 2.75) is 40.3 Å². The van der Waals surface area contributed by atoms with E-state index in [1.54, 1.807) is 0 Å². The second-order valence-corrected chi connectivity index (χ2v) is 5.30. The van der Waals surface area contributed by atoms with Gasteiger partial charge in [-0.3, -0.25) is 0 Å². The summed E-state index contributed by atoms with van der Waals surface area (Å²) in [5.74, 6) is 0.559. The zero-order valence-corrected chi connectivity index (χ0v) is 13.9. The molecule has 0 heterocycles. The van der Waals surface area contributed by atoms with Gasteiger partial charge in [0.15, 0.2) is 5.96 Å². The average molecular weight is 305 g/mol. The SMILES string of the molecule is CCN(CC)C(N)=NCc1ccc(NC(=O)NC(C)C)cc1. The summed E-state index contributed by atoms with van der Waals surface area (Å²) in [5.41, 5.74) is 7.74. The lowest BCUT2D eigenvalue weighted by atomic mass is 10.2. The van der Waals surface area contributed by atoms with Gasteiger partial charge in [-0.15, -0.1) is 0 Å². The minimum atomic E-state index is -0.202. The van der Waals surface area contributed by atoms with Gasteiger partial charge in [0.25, 0.3) is 0 Å². The van der Waals surface area contributed by atoms with Gasteiger partial charge in [0.2, 0.25) is 0 Å². The summed E-state index contributed by atoms with van der Waals surface area (Å²) in [6, 6.07) is 7.49. The van der Waals surface area contributed by atoms with Gasteiger partial charge in [0, 0.05) is 24.8 Å². The first kappa shape index (κ1) is 17.8. The van der Waals surface area contributed by atoms with Gasteiger partial charge < -0.3 is 21.3 Å². The second kappa shape index (κ2) is 8.92. The first-order valence-corrected chi connectivity index (χ1v) is 7.67. The number of anilines is 1. The number of guanidine groups is 1. The highest BCUT2D eigenvalue weighted by Crippen LogP contribution is 2.10. The lowest BCUT2D eigenvalue weighted by Crippen LogP contribution is -2.37. The number of carbonyl (C=O) groups excluding carboxylic acids is 1. The van der Waals surface area contributed by atoms with Gasteiger partial charge in [0.05, 0.1) is 6.54 Å². The van der Waals surface area contributed by atoms with Crippen molar-refractivity contribution in [3.05, 3.63) is 29.8 Å². The maximum Gasteiger partial charge on any atom is 0.319 e. The number of hydrogen-bond acceptors (Lipinski definition) is 2. The van der Waals surface area contributed by atoms with E-state index in [0.717, 1.165) is 24.3 Å². The summed E-state index contributed by atoms with van der Waals surface area (Å²) in [6.45, 7) is 10.2. The van der Waals surface area contributed by atoms with Crippen LogP contribution in [0.5, 0.6) is 0 Å². The lowest BCUT2D eigenvalue weighted by Gasteiger charge is -2.19. The monoisotopic (exact) mass is 305 g/mol. The maximum absolute atomic E-state index is 11.6. The number of amides is 2. The summed E-state index contributed by atoms with van der Waals surface area (Å²) in [5, 5.41) is 5.56. The van der Waals surface area contributed by atoms with Gasteiger partial charge in [-0.25, -0.2) is 9.79 Å². The van der Waals surface area contributed by atoms with Crippen molar-refractivity contribution >= 4 is 17.7 Å². The van der Waals surface area contributed by atoms with Crippen LogP contribution in [-0.4, -0.2) is 36.0 Å². The molecule has 0 spiro atoms. The molecular formula is C16H27N5O. The number of nitrogens with zero attached hydrogens (tertiary/aromatic N) is 2. The van der Waals surface area contributed by atoms with E-state index in [1.165, 1.54) is 0 Å². The van der Waals surface area contributed by atoms with Crippen LogP contribution in [0.2, 0.25) is 0 Å². The van der Waals surface area contributed by atoms with Crippen molar-refractivity contribution in [1.29, 1.82) is 0 Å². The number of benzene rings is 1. The molecule has 6 nitrogen and oxygen atoms in total. The Kier molecular flexibility index (Phi) is 7.22. The smallest absolute Gasteiger partial charge is 0.319 e. The fraction of sp³-hybridized carbons (Fsp3) is 0.500. The standard InChI is InChI=1S/C16H27N5O/c1-5-21(6-2)15(17)18-11-13-7-9-14(10-8-13)20-16(22)19-12(3)4/h7-10,12H,5-6,11H2,1-4H3,(H2,17,18)(H2,19,20,22). The quantitative estimate of drug-likeness (QED) is 0.557. The van der Waals surface area contributed by atoms with E-state index in [2.05, 4.69) is 29.5 Å². The predicted molar refractivity (Wildman–Crippen MR) is 92.0 cm³/mol. The van der Waals surface area contributed by atoms with Crippen LogP contribution in [0.25, 0.3) is 0 Å². The van der Waals surface area contributed by atoms with Crippen molar-refractivity contribution in [2.75, 3.05) is 18.4 Å². The van der Waals surface area contributed by atoms with Gasteiger partial charge >= 0.3 is 6.03 Å². The number of aliphatic imine (C=N–C) groups is 1. The minimum Gasteiger partial charge on any atom is -0.370 e. The summed E-state index contributed by atoms with van der Waals surface area (Å²) in [4.78, 5) is 18.0. The fourth-order valence-corrected chi connectivity index (χ4v) is 1.94. The Bertz CT molecular complexity index is 492. The number of rotatable bonds is 6. The molecule has 122 valence electrons. The van der Waals surface area contributed by atoms with Crippen LogP contribution in [0, 0.1) is 0 Å². The van der Waals surface area contributed by atoms with Crippen LogP contribution in [0.3, 0.4) is 0 Å². The van der Waals surface area contributed by atoms with Gasteiger partial charge in [-0.2, -0.15) is 0 Å². The Balaban J connectivity index is 2.58. The Hall–Kier alpha value is -2.24. The van der Waals surface area contributed by atoms with E-state index in [4.69, 9.17) is 5.73 Å². The van der Waals surface area contributed by atoms with E-state index < -0.39 is 0 Å². The van der Waals surface area contributed by atoms with Crippen LogP contribution in [0.15, 0.2) is 29.3 Å². The van der Waals surface area contributed by atoms with E-state index in [0.29, 0.717) is 12.5 Å². The van der Waals surface area contributed by atoms with Crippen molar-refractivity contribution in [1.82, 2.24) is 10.2 Å². The molecule has 2 amide bonds. The Morgan fingerprint density at radius 1 is 1.23 bits per heavy atom. The first-order chi connectivity index (χ1) is 10.5. The Morgan fingerprint density at radius 3 is 2.32 bits per heavy atom. The topological polar surface area (TPSA) is 82.8 Å². The Morgan fingerprint density at radius 2 is 1.82 bits per heavy atom. The molecule has 0 aliphatic heterocycles. The van der Waals surface area contributed by atoms with E-state index in [9.17, 15) is 4.79 Å². The third-order valence-electron chi connectivity index (χ3n) is 3.14. The van der Waals surface area contributed by atoms with Crippen LogP contribution in [0.4, 0.5) is 10.5 Å². The molecule has 0 bridgehead atoms. The molecule has 1 rings (SSSR count). The molecule has 6 heteroatoms. The van der Waals surface area contributed by atoms with E-state index in [1.807, 2.05) is 43.0 Å². The van der Waals surface area contributed by atoms with Gasteiger partial charge in [0.1, 0.15) is 0 Å². The molecule has 0 radical (unpaired) electrons. The number of carbonyl (C=O) groups is 1. The molecule has 4 N–H and O–H groups in total. The zero-order valence-electron chi connectivity index (χ0n) is 13.9. The molecule has 0 saturated carbocycles. The third-order valence-corrected chi connectivity index (χ3v) is 3.14. The Labute approximate surface area is 132 Å². The number of nitrogens with two attached hydrogens (primary N) is 1. The highest BCUT2D eigenvalue weighted by atomic mass is 16.2. The number of hydrogen-bond donors (Lipinski definition) is 3. The molecule has 0 aromatic heterocycles. The van der Waals surface area contributed by atoms with Crippen LogP contribution < -0.4 is 16.4 Å². The average Bonchev–Trinajstić information content (AvgIpc) is 2.47. The fourth-order valence-electron chi connectivity index (χ4n) is 1.94. The largest absolute Gasteiger partial charge is 0.370 e. The van der Waals surface area contributed by atoms with E-state index >= 15 is 0 Å². The summed E-state index contributed by atoms with van der Waals surface area (Å²) in [6.07, 6.45) is 0. The van der Waals surface area contributed by atoms with Gasteiger partial charge in [-0.1, -0.05) is 12.1 Å². The zero-order chi connectivity index (χ0) is 16.5. The molecule has 0 unspecified atom stereocenters. The normalized spacial score (nSPS) is 11.4. The molecule has 0 fully saturated rings. The molecule has 0 aliphatic carbocycles. The van der Waals surface area contributed by atoms with Gasteiger partial charge in [-0.05, 0) is 45.4 Å². The van der Waals surface area contributed by atoms with Crippen molar-refractivity contribution in [2.24, 2.45) is 10.7 Å². The van der Waals surface area contributed by atoms with Crippen LogP contribution in [-0.2, 0) is 6.54 Å². The molecule has 0 atom stereocenters. The van der Waals surface area contributed by atoms with E-state index in [-0.39, 0.29) is 12.1 Å². The molecular weight excluding hydrogens is 278 g/mol. The third kappa shape index (κ3) is 6.03. The summed E-state index contributed by atoms with van der Waals surface area (Å²) < 4.78 is 0. The van der Waals surface area contributed by atoms with Crippen molar-refractivity contribution in [3.8, 4) is 0 Å². The molecule has 0 saturated heterocycles. The first-order valence-electron chi connectivity index (χ1n) is 7.67. The molecule has 22 heavy (non-hydrogen) atoms. The molecule has 1 aromatic rings. The minimum absolute atomic E-state index is 0.108. The van der Waals surface area contributed by atoms with Crippen molar-refractivity contribution < 1.29 is 4.79 Å².